The quantitative estimate of drug-likeness (QED) is 0.440. The number of carbonyl (C=O) groups is 3. The lowest BCUT2D eigenvalue weighted by Gasteiger charge is -2.24. The topological polar surface area (TPSA) is 82.1 Å². The van der Waals surface area contributed by atoms with Gasteiger partial charge in [-0.05, 0) is 25.3 Å². The summed E-state index contributed by atoms with van der Waals surface area (Å²) in [5.74, 6) is -1.23. The maximum absolute atomic E-state index is 12.4. The van der Waals surface area contributed by atoms with Crippen LogP contribution in [0.3, 0.4) is 0 Å². The van der Waals surface area contributed by atoms with E-state index in [1.807, 2.05) is 30.3 Å². The van der Waals surface area contributed by atoms with E-state index in [-0.39, 0.29) is 12.2 Å². The molecule has 0 aliphatic carbocycles. The van der Waals surface area contributed by atoms with Crippen LogP contribution >= 0.6 is 0 Å². The second kappa shape index (κ2) is 9.03. The molecule has 26 heavy (non-hydrogen) atoms. The van der Waals surface area contributed by atoms with Crippen LogP contribution in [0.25, 0.3) is 0 Å². The second-order valence-electron chi connectivity index (χ2n) is 5.99. The maximum atomic E-state index is 12.4. The van der Waals surface area contributed by atoms with E-state index in [4.69, 9.17) is 9.47 Å². The highest BCUT2D eigenvalue weighted by Crippen LogP contribution is 2.21. The molecule has 0 N–H and O–H groups in total. The predicted molar refractivity (Wildman–Crippen MR) is 93.1 cm³/mol. The number of hydrogen-bond donors (Lipinski definition) is 0. The van der Waals surface area contributed by atoms with Gasteiger partial charge in [-0.3, -0.25) is 4.90 Å². The third kappa shape index (κ3) is 4.84. The van der Waals surface area contributed by atoms with Crippen molar-refractivity contribution >= 4 is 18.0 Å². The Kier molecular flexibility index (Phi) is 6.77. The number of amides is 1. The molecule has 1 unspecified atom stereocenters. The number of benzene rings is 1. The first-order valence-electron chi connectivity index (χ1n) is 8.39. The van der Waals surface area contributed by atoms with E-state index < -0.39 is 30.2 Å². The van der Waals surface area contributed by atoms with Crippen molar-refractivity contribution in [3.05, 3.63) is 48.0 Å². The van der Waals surface area contributed by atoms with Gasteiger partial charge >= 0.3 is 18.0 Å². The van der Waals surface area contributed by atoms with Gasteiger partial charge in [0.2, 0.25) is 0 Å². The highest BCUT2D eigenvalue weighted by atomic mass is 16.6. The van der Waals surface area contributed by atoms with Crippen molar-refractivity contribution < 1.29 is 28.6 Å². The zero-order valence-electron chi connectivity index (χ0n) is 15.0. The third-order valence-corrected chi connectivity index (χ3v) is 4.20. The highest BCUT2D eigenvalue weighted by Gasteiger charge is 2.37. The Labute approximate surface area is 152 Å². The summed E-state index contributed by atoms with van der Waals surface area (Å²) in [5, 5.41) is 0. The first-order chi connectivity index (χ1) is 12.4. The van der Waals surface area contributed by atoms with E-state index in [1.165, 1.54) is 18.9 Å². The van der Waals surface area contributed by atoms with Crippen molar-refractivity contribution in [1.82, 2.24) is 4.90 Å². The normalized spacial score (nSPS) is 17.3. The molecule has 0 aromatic heterocycles. The first-order valence-corrected chi connectivity index (χ1v) is 8.39. The molecule has 0 bridgehead atoms. The molecule has 0 spiro atoms. The number of carbonyl (C=O) groups excluding carboxylic acids is 3. The van der Waals surface area contributed by atoms with E-state index in [9.17, 15) is 14.4 Å². The summed E-state index contributed by atoms with van der Waals surface area (Å²) in [6, 6.07) is 8.56. The largest absolute Gasteiger partial charge is 0.466 e. The lowest BCUT2D eigenvalue weighted by atomic mass is 10.2. The van der Waals surface area contributed by atoms with Crippen LogP contribution in [0.2, 0.25) is 0 Å². The van der Waals surface area contributed by atoms with Gasteiger partial charge < -0.3 is 14.2 Å². The summed E-state index contributed by atoms with van der Waals surface area (Å²) in [4.78, 5) is 37.5. The molecule has 1 fully saturated rings. The standard InChI is InChI=1S/C19H23NO6/c1-13(17(21)24-3)14(2)26-18(22)16-10-7-11-20(16)19(23)25-12-15-8-5-4-6-9-15/h4-6,8-9,14,16H,1,7,10-12H2,2-3H3/t14?,16-/m0/s1. The summed E-state index contributed by atoms with van der Waals surface area (Å²) in [5.41, 5.74) is 0.902. The van der Waals surface area contributed by atoms with Crippen LogP contribution in [-0.4, -0.2) is 48.7 Å². The fourth-order valence-electron chi connectivity index (χ4n) is 2.65. The zero-order valence-corrected chi connectivity index (χ0v) is 15.0. The van der Waals surface area contributed by atoms with Gasteiger partial charge in [0, 0.05) is 6.54 Å². The van der Waals surface area contributed by atoms with Gasteiger partial charge in [0.1, 0.15) is 18.8 Å². The van der Waals surface area contributed by atoms with Gasteiger partial charge in [-0.25, -0.2) is 14.4 Å². The van der Waals surface area contributed by atoms with Crippen molar-refractivity contribution in [2.75, 3.05) is 13.7 Å². The Bertz CT molecular complexity index is 672. The van der Waals surface area contributed by atoms with Crippen molar-refractivity contribution in [3.8, 4) is 0 Å². The summed E-state index contributed by atoms with van der Waals surface area (Å²) < 4.78 is 15.1. The minimum Gasteiger partial charge on any atom is -0.466 e. The molecule has 2 atom stereocenters. The molecule has 1 aliphatic rings. The van der Waals surface area contributed by atoms with Crippen molar-refractivity contribution in [1.29, 1.82) is 0 Å². The van der Waals surface area contributed by atoms with Gasteiger partial charge in [0.05, 0.1) is 12.7 Å². The van der Waals surface area contributed by atoms with Crippen LogP contribution in [0.5, 0.6) is 0 Å². The SMILES string of the molecule is C=C(C(=O)OC)C(C)OC(=O)[C@@H]1CCCN1C(=O)OCc1ccccc1. The van der Waals surface area contributed by atoms with E-state index in [0.29, 0.717) is 19.4 Å². The molecule has 1 aromatic carbocycles. The molecule has 7 nitrogen and oxygen atoms in total. The first kappa shape index (κ1) is 19.5. The summed E-state index contributed by atoms with van der Waals surface area (Å²) in [6.45, 7) is 5.65. The second-order valence-corrected chi connectivity index (χ2v) is 5.99. The average Bonchev–Trinajstić information content (AvgIpc) is 3.15. The summed E-state index contributed by atoms with van der Waals surface area (Å²) >= 11 is 0. The minimum absolute atomic E-state index is 0.0389. The van der Waals surface area contributed by atoms with Gasteiger partial charge in [0.15, 0.2) is 0 Å². The lowest BCUT2D eigenvalue weighted by Crippen LogP contribution is -2.42. The molecular weight excluding hydrogens is 338 g/mol. The smallest absolute Gasteiger partial charge is 0.410 e. The van der Waals surface area contributed by atoms with Crippen molar-refractivity contribution in [2.24, 2.45) is 0 Å². The Hall–Kier alpha value is -2.83. The van der Waals surface area contributed by atoms with Crippen LogP contribution < -0.4 is 0 Å². The molecule has 0 radical (unpaired) electrons. The summed E-state index contributed by atoms with van der Waals surface area (Å²) in [6.07, 6.45) is -0.242. The molecule has 1 saturated heterocycles. The van der Waals surface area contributed by atoms with Crippen molar-refractivity contribution in [3.63, 3.8) is 0 Å². The minimum atomic E-state index is -0.835. The Morgan fingerprint density at radius 3 is 2.62 bits per heavy atom. The van der Waals surface area contributed by atoms with Crippen LogP contribution in [0, 0.1) is 0 Å². The number of nitrogens with zero attached hydrogens (tertiary/aromatic N) is 1. The molecule has 1 heterocycles. The van der Waals surface area contributed by atoms with Crippen LogP contribution in [0.15, 0.2) is 42.5 Å². The van der Waals surface area contributed by atoms with Crippen molar-refractivity contribution in [2.45, 2.75) is 38.5 Å². The fourth-order valence-corrected chi connectivity index (χ4v) is 2.65. The molecular formula is C19H23NO6. The van der Waals surface area contributed by atoms with Crippen LogP contribution in [-0.2, 0) is 30.4 Å². The molecule has 0 saturated carbocycles. The Morgan fingerprint density at radius 2 is 1.96 bits per heavy atom. The number of hydrogen-bond acceptors (Lipinski definition) is 6. The van der Waals surface area contributed by atoms with Crippen LogP contribution in [0.4, 0.5) is 4.79 Å². The molecule has 1 amide bonds. The maximum Gasteiger partial charge on any atom is 0.410 e. The number of methoxy groups -OCH3 is 1. The fraction of sp³-hybridized carbons (Fsp3) is 0.421. The van der Waals surface area contributed by atoms with Gasteiger partial charge in [-0.2, -0.15) is 0 Å². The van der Waals surface area contributed by atoms with E-state index in [1.54, 1.807) is 0 Å². The van der Waals surface area contributed by atoms with E-state index in [0.717, 1.165) is 5.56 Å². The van der Waals surface area contributed by atoms with Gasteiger partial charge in [-0.15, -0.1) is 0 Å². The molecule has 2 rings (SSSR count). The van der Waals surface area contributed by atoms with E-state index >= 15 is 0 Å². The molecule has 1 aromatic rings. The Morgan fingerprint density at radius 1 is 1.27 bits per heavy atom. The number of esters is 2. The van der Waals surface area contributed by atoms with Crippen LogP contribution in [0.1, 0.15) is 25.3 Å². The third-order valence-electron chi connectivity index (χ3n) is 4.20. The monoisotopic (exact) mass is 361 g/mol. The molecule has 140 valence electrons. The Balaban J connectivity index is 1.91. The highest BCUT2D eigenvalue weighted by molar-refractivity contribution is 5.89. The molecule has 1 aliphatic heterocycles. The number of likely N-dealkylation sites (tertiary alicyclic amines) is 1. The summed E-state index contributed by atoms with van der Waals surface area (Å²) in [7, 11) is 1.23. The number of rotatable bonds is 6. The van der Waals surface area contributed by atoms with Gasteiger partial charge in [0.25, 0.3) is 0 Å². The molecule has 7 heteroatoms. The lowest BCUT2D eigenvalue weighted by molar-refractivity contribution is -0.152. The van der Waals surface area contributed by atoms with E-state index in [2.05, 4.69) is 11.3 Å². The predicted octanol–water partition coefficient (Wildman–Crippen LogP) is 2.45. The average molecular weight is 361 g/mol. The zero-order chi connectivity index (χ0) is 19.1. The number of ether oxygens (including phenoxy) is 3. The van der Waals surface area contributed by atoms with Gasteiger partial charge in [-0.1, -0.05) is 36.9 Å².